The van der Waals surface area contributed by atoms with Gasteiger partial charge in [0.05, 0.1) is 6.54 Å². The lowest BCUT2D eigenvalue weighted by Crippen LogP contribution is -2.44. The van der Waals surface area contributed by atoms with Gasteiger partial charge < -0.3 is 20.3 Å². The third-order valence-electron chi connectivity index (χ3n) is 4.36. The summed E-state index contributed by atoms with van der Waals surface area (Å²) in [5, 5.41) is 6.32. The van der Waals surface area contributed by atoms with Crippen LogP contribution in [0.4, 0.5) is 0 Å². The van der Waals surface area contributed by atoms with Gasteiger partial charge >= 0.3 is 0 Å². The summed E-state index contributed by atoms with van der Waals surface area (Å²) >= 11 is 0. The van der Waals surface area contributed by atoms with Crippen molar-refractivity contribution in [3.05, 3.63) is 78.4 Å². The Bertz CT molecular complexity index is 812. The first-order chi connectivity index (χ1) is 14.2. The number of halogens is 1. The number of carbonyl (C=O) groups is 1. The number of guanidine groups is 1. The highest BCUT2D eigenvalue weighted by molar-refractivity contribution is 14.0. The molecular weight excluding hydrogens is 491 g/mol. The number of ether oxygens (including phenoxy) is 1. The zero-order valence-electron chi connectivity index (χ0n) is 17.6. The van der Waals surface area contributed by atoms with E-state index in [2.05, 4.69) is 22.2 Å². The van der Waals surface area contributed by atoms with Gasteiger partial charge in [-0.25, -0.2) is 0 Å². The minimum Gasteiger partial charge on any atom is -0.489 e. The zero-order valence-corrected chi connectivity index (χ0v) is 20.0. The van der Waals surface area contributed by atoms with E-state index < -0.39 is 0 Å². The van der Waals surface area contributed by atoms with Crippen LogP contribution in [0.3, 0.4) is 0 Å². The molecule has 1 amide bonds. The Morgan fingerprint density at radius 3 is 2.50 bits per heavy atom. The van der Waals surface area contributed by atoms with E-state index in [0.717, 1.165) is 16.9 Å². The van der Waals surface area contributed by atoms with Crippen molar-refractivity contribution in [2.45, 2.75) is 20.0 Å². The van der Waals surface area contributed by atoms with Gasteiger partial charge in [0.1, 0.15) is 12.4 Å². The molecule has 6 nitrogen and oxygen atoms in total. The molecule has 0 atom stereocenters. The Morgan fingerprint density at radius 1 is 1.13 bits per heavy atom. The number of nitrogens with one attached hydrogen (secondary N) is 2. The van der Waals surface area contributed by atoms with Crippen LogP contribution in [0, 0.1) is 0 Å². The number of likely N-dealkylation sites (N-methyl/N-ethyl adjacent to an activating group) is 1. The highest BCUT2D eigenvalue weighted by Gasteiger charge is 2.13. The van der Waals surface area contributed by atoms with E-state index in [1.165, 1.54) is 0 Å². The standard InChI is InChI=1S/C23H30N4O2.HI/c1-4-15-29-21-14-10-9-13-20(21)16-25-23(24-3)26-17-22(28)27(5-2)18-19-11-7-6-8-12-19;/h4,6-14H,1,5,15-18H2,2-3H3,(H2,24,25,26);1H. The summed E-state index contributed by atoms with van der Waals surface area (Å²) in [7, 11) is 1.68. The van der Waals surface area contributed by atoms with E-state index in [1.54, 1.807) is 13.1 Å². The van der Waals surface area contributed by atoms with Gasteiger partial charge in [-0.05, 0) is 18.6 Å². The van der Waals surface area contributed by atoms with Gasteiger partial charge in [-0.2, -0.15) is 0 Å². The maximum absolute atomic E-state index is 12.6. The molecule has 0 aliphatic heterocycles. The smallest absolute Gasteiger partial charge is 0.242 e. The summed E-state index contributed by atoms with van der Waals surface area (Å²) in [4.78, 5) is 18.6. The second-order valence-corrected chi connectivity index (χ2v) is 6.38. The molecule has 0 spiro atoms. The van der Waals surface area contributed by atoms with Gasteiger partial charge in [0.25, 0.3) is 0 Å². The van der Waals surface area contributed by atoms with Crippen molar-refractivity contribution in [3.63, 3.8) is 0 Å². The van der Waals surface area contributed by atoms with Crippen LogP contribution in [0.2, 0.25) is 0 Å². The van der Waals surface area contributed by atoms with Crippen LogP contribution in [-0.4, -0.2) is 43.5 Å². The molecule has 0 fully saturated rings. The van der Waals surface area contributed by atoms with Gasteiger partial charge in [0, 0.05) is 32.2 Å². The predicted molar refractivity (Wildman–Crippen MR) is 133 cm³/mol. The monoisotopic (exact) mass is 522 g/mol. The Morgan fingerprint density at radius 2 is 1.83 bits per heavy atom. The van der Waals surface area contributed by atoms with Gasteiger partial charge in [-0.15, -0.1) is 24.0 Å². The third kappa shape index (κ3) is 8.44. The molecule has 0 aromatic heterocycles. The fraction of sp³-hybridized carbons (Fsp3) is 0.304. The lowest BCUT2D eigenvalue weighted by atomic mass is 10.2. The molecule has 0 saturated carbocycles. The predicted octanol–water partition coefficient (Wildman–Crippen LogP) is 3.58. The Labute approximate surface area is 196 Å². The van der Waals surface area contributed by atoms with Crippen LogP contribution in [0.1, 0.15) is 18.1 Å². The topological polar surface area (TPSA) is 66.0 Å². The van der Waals surface area contributed by atoms with Gasteiger partial charge in [-0.3, -0.25) is 9.79 Å². The fourth-order valence-corrected chi connectivity index (χ4v) is 2.79. The first-order valence-corrected chi connectivity index (χ1v) is 9.75. The summed E-state index contributed by atoms with van der Waals surface area (Å²) in [6, 6.07) is 17.8. The van der Waals surface area contributed by atoms with E-state index in [1.807, 2.05) is 66.4 Å². The summed E-state index contributed by atoms with van der Waals surface area (Å²) in [6.45, 7) is 8.06. The van der Waals surface area contributed by atoms with E-state index in [9.17, 15) is 4.79 Å². The molecule has 162 valence electrons. The lowest BCUT2D eigenvalue weighted by Gasteiger charge is -2.22. The summed E-state index contributed by atoms with van der Waals surface area (Å²) < 4.78 is 5.67. The zero-order chi connectivity index (χ0) is 20.9. The molecule has 2 N–H and O–H groups in total. The highest BCUT2D eigenvalue weighted by Crippen LogP contribution is 2.17. The summed E-state index contributed by atoms with van der Waals surface area (Å²) in [6.07, 6.45) is 1.71. The van der Waals surface area contributed by atoms with Crippen molar-refractivity contribution >= 4 is 35.8 Å². The largest absolute Gasteiger partial charge is 0.489 e. The SMILES string of the molecule is C=CCOc1ccccc1CNC(=NC)NCC(=O)N(CC)Cc1ccccc1.I. The minimum absolute atomic E-state index is 0. The number of rotatable bonds is 10. The Balaban J connectivity index is 0.00000450. The van der Waals surface area contributed by atoms with Crippen molar-refractivity contribution in [2.75, 3.05) is 26.7 Å². The molecule has 0 saturated heterocycles. The van der Waals surface area contributed by atoms with Crippen LogP contribution in [0.15, 0.2) is 72.2 Å². The number of amides is 1. The van der Waals surface area contributed by atoms with Crippen LogP contribution >= 0.6 is 24.0 Å². The van der Waals surface area contributed by atoms with E-state index in [4.69, 9.17) is 4.74 Å². The molecule has 0 bridgehead atoms. The molecular formula is C23H31IN4O2. The number of hydrogen-bond acceptors (Lipinski definition) is 3. The number of hydrogen-bond donors (Lipinski definition) is 2. The second-order valence-electron chi connectivity index (χ2n) is 6.38. The summed E-state index contributed by atoms with van der Waals surface area (Å²) in [5.74, 6) is 1.38. The molecule has 30 heavy (non-hydrogen) atoms. The molecule has 0 aliphatic rings. The molecule has 2 aromatic rings. The number of benzene rings is 2. The maximum Gasteiger partial charge on any atom is 0.242 e. The van der Waals surface area contributed by atoms with Crippen molar-refractivity contribution < 1.29 is 9.53 Å². The van der Waals surface area contributed by atoms with Crippen LogP contribution in [0.5, 0.6) is 5.75 Å². The average Bonchev–Trinajstić information content (AvgIpc) is 2.77. The first-order valence-electron chi connectivity index (χ1n) is 9.75. The van der Waals surface area contributed by atoms with Crippen LogP contribution in [0.25, 0.3) is 0 Å². The average molecular weight is 522 g/mol. The Kier molecular flexibility index (Phi) is 12.3. The van der Waals surface area contributed by atoms with Gasteiger partial charge in [0.15, 0.2) is 5.96 Å². The van der Waals surface area contributed by atoms with Crippen LogP contribution in [-0.2, 0) is 17.9 Å². The molecule has 0 unspecified atom stereocenters. The molecule has 0 radical (unpaired) electrons. The van der Waals surface area contributed by atoms with Gasteiger partial charge in [0.2, 0.25) is 5.91 Å². The molecule has 2 aromatic carbocycles. The lowest BCUT2D eigenvalue weighted by molar-refractivity contribution is -0.130. The molecule has 7 heteroatoms. The second kappa shape index (κ2) is 14.4. The number of carbonyl (C=O) groups excluding carboxylic acids is 1. The van der Waals surface area contributed by atoms with E-state index in [-0.39, 0.29) is 36.4 Å². The summed E-state index contributed by atoms with van der Waals surface area (Å²) in [5.41, 5.74) is 2.12. The van der Waals surface area contributed by atoms with Crippen molar-refractivity contribution in [1.82, 2.24) is 15.5 Å². The molecule has 0 aliphatic carbocycles. The third-order valence-corrected chi connectivity index (χ3v) is 4.36. The first kappa shape index (κ1) is 25.5. The van der Waals surface area contributed by atoms with Crippen molar-refractivity contribution in [3.8, 4) is 5.75 Å². The maximum atomic E-state index is 12.6. The number of nitrogens with zero attached hydrogens (tertiary/aromatic N) is 2. The molecule has 0 heterocycles. The van der Waals surface area contributed by atoms with Gasteiger partial charge in [-0.1, -0.05) is 61.2 Å². The normalized spacial score (nSPS) is 10.5. The number of para-hydroxylation sites is 1. The molecule has 2 rings (SSSR count). The number of aliphatic imine (C=N–C) groups is 1. The van der Waals surface area contributed by atoms with Crippen molar-refractivity contribution in [2.24, 2.45) is 4.99 Å². The van der Waals surface area contributed by atoms with Crippen LogP contribution < -0.4 is 15.4 Å². The highest BCUT2D eigenvalue weighted by atomic mass is 127. The van der Waals surface area contributed by atoms with E-state index >= 15 is 0 Å². The minimum atomic E-state index is 0. The van der Waals surface area contributed by atoms with Crippen molar-refractivity contribution in [1.29, 1.82) is 0 Å². The fourth-order valence-electron chi connectivity index (χ4n) is 2.79. The van der Waals surface area contributed by atoms with E-state index in [0.29, 0.717) is 32.2 Å². The quantitative estimate of drug-likeness (QED) is 0.217. The Hall–Kier alpha value is -2.55.